The van der Waals surface area contributed by atoms with Crippen LogP contribution >= 0.6 is 0 Å². The molecule has 2 aromatic rings. The molecule has 1 aliphatic carbocycles. The summed E-state index contributed by atoms with van der Waals surface area (Å²) >= 11 is 0. The summed E-state index contributed by atoms with van der Waals surface area (Å²) in [4.78, 5) is 39.2. The third kappa shape index (κ3) is 3.72. The molecular weight excluding hydrogens is 431 g/mol. The van der Waals surface area contributed by atoms with Gasteiger partial charge in [-0.15, -0.1) is 0 Å². The van der Waals surface area contributed by atoms with Crippen molar-refractivity contribution < 1.29 is 33.0 Å². The SMILES string of the molecule is O=C(NCc1c(F)cc(F)cc1F)c1cn2c(c(O)c1=O)C(=O)N(C1CCCC1)C(O)C2. The lowest BCUT2D eigenvalue weighted by atomic mass is 10.1. The molecule has 3 N–H and O–H groups in total. The number of carbonyl (C=O) groups is 2. The second kappa shape index (κ2) is 8.30. The summed E-state index contributed by atoms with van der Waals surface area (Å²) in [6.45, 7) is -0.858. The van der Waals surface area contributed by atoms with Crippen LogP contribution in [-0.2, 0) is 13.1 Å². The number of benzene rings is 1. The molecular formula is C21H20F3N3O5. The summed E-state index contributed by atoms with van der Waals surface area (Å²) in [7, 11) is 0. The molecule has 1 atom stereocenters. The van der Waals surface area contributed by atoms with Crippen LogP contribution in [0.4, 0.5) is 13.2 Å². The number of rotatable bonds is 4. The number of aromatic nitrogens is 1. The van der Waals surface area contributed by atoms with Crippen molar-refractivity contribution in [2.75, 3.05) is 0 Å². The Morgan fingerprint density at radius 2 is 1.75 bits per heavy atom. The van der Waals surface area contributed by atoms with Gasteiger partial charge in [-0.25, -0.2) is 13.2 Å². The smallest absolute Gasteiger partial charge is 0.276 e. The number of hydrogen-bond acceptors (Lipinski definition) is 5. The first-order chi connectivity index (χ1) is 15.2. The van der Waals surface area contributed by atoms with E-state index in [1.54, 1.807) is 0 Å². The number of fused-ring (bicyclic) bond motifs is 1. The summed E-state index contributed by atoms with van der Waals surface area (Å²) in [6, 6.07) is 0.699. The first-order valence-corrected chi connectivity index (χ1v) is 10.1. The average Bonchev–Trinajstić information content (AvgIpc) is 3.23. The number of halogens is 3. The highest BCUT2D eigenvalue weighted by atomic mass is 19.1. The number of carbonyl (C=O) groups excluding carboxylic acids is 2. The van der Waals surface area contributed by atoms with E-state index in [0.717, 1.165) is 23.6 Å². The lowest BCUT2D eigenvalue weighted by Gasteiger charge is -2.38. The highest BCUT2D eigenvalue weighted by Gasteiger charge is 2.39. The molecule has 1 aromatic carbocycles. The molecule has 2 aliphatic rings. The van der Waals surface area contributed by atoms with E-state index in [-0.39, 0.29) is 18.3 Å². The van der Waals surface area contributed by atoms with Gasteiger partial charge in [0.25, 0.3) is 11.8 Å². The average molecular weight is 451 g/mol. The van der Waals surface area contributed by atoms with Gasteiger partial charge in [-0.2, -0.15) is 0 Å². The zero-order valence-electron chi connectivity index (χ0n) is 16.8. The first kappa shape index (κ1) is 21.9. The lowest BCUT2D eigenvalue weighted by molar-refractivity contribution is -0.0306. The summed E-state index contributed by atoms with van der Waals surface area (Å²) in [5, 5.41) is 23.0. The minimum atomic E-state index is -1.21. The number of aliphatic hydroxyl groups excluding tert-OH is 1. The van der Waals surface area contributed by atoms with Gasteiger partial charge in [0.1, 0.15) is 29.2 Å². The first-order valence-electron chi connectivity index (χ1n) is 10.1. The number of amides is 2. The maximum absolute atomic E-state index is 13.8. The molecule has 8 nitrogen and oxygen atoms in total. The van der Waals surface area contributed by atoms with E-state index in [4.69, 9.17) is 0 Å². The highest BCUT2D eigenvalue weighted by Crippen LogP contribution is 2.31. The number of pyridine rings is 1. The Kier molecular flexibility index (Phi) is 5.68. The van der Waals surface area contributed by atoms with E-state index in [9.17, 15) is 37.8 Å². The number of nitrogens with one attached hydrogen (secondary N) is 1. The summed E-state index contributed by atoms with van der Waals surface area (Å²) in [6.07, 6.45) is 2.99. The molecule has 0 spiro atoms. The second-order valence-corrected chi connectivity index (χ2v) is 7.88. The summed E-state index contributed by atoms with van der Waals surface area (Å²) in [5.41, 5.74) is -2.66. The van der Waals surface area contributed by atoms with Crippen LogP contribution in [0.3, 0.4) is 0 Å². The van der Waals surface area contributed by atoms with Gasteiger partial charge < -0.3 is 25.0 Å². The predicted octanol–water partition coefficient (Wildman–Crippen LogP) is 1.62. The quantitative estimate of drug-likeness (QED) is 0.654. The van der Waals surface area contributed by atoms with E-state index in [0.29, 0.717) is 25.0 Å². The zero-order chi connectivity index (χ0) is 23.2. The van der Waals surface area contributed by atoms with Crippen LogP contribution in [-0.4, -0.2) is 43.8 Å². The molecule has 11 heteroatoms. The van der Waals surface area contributed by atoms with Crippen LogP contribution in [0.15, 0.2) is 23.1 Å². The van der Waals surface area contributed by atoms with E-state index in [2.05, 4.69) is 5.32 Å². The number of nitrogens with zero attached hydrogens (tertiary/aromatic N) is 2. The van der Waals surface area contributed by atoms with Gasteiger partial charge >= 0.3 is 0 Å². The molecule has 2 amide bonds. The molecule has 1 unspecified atom stereocenters. The molecule has 170 valence electrons. The molecule has 1 saturated carbocycles. The molecule has 0 saturated heterocycles. The Morgan fingerprint density at radius 3 is 2.38 bits per heavy atom. The Bertz CT molecular complexity index is 1140. The largest absolute Gasteiger partial charge is 0.503 e. The molecule has 0 radical (unpaired) electrons. The maximum atomic E-state index is 13.8. The minimum Gasteiger partial charge on any atom is -0.503 e. The Balaban J connectivity index is 1.61. The fraction of sp³-hybridized carbons (Fsp3) is 0.381. The van der Waals surface area contributed by atoms with Crippen molar-refractivity contribution in [3.63, 3.8) is 0 Å². The van der Waals surface area contributed by atoms with Crippen molar-refractivity contribution in [3.05, 3.63) is 62.8 Å². The number of aliphatic hydroxyl groups is 1. The molecule has 1 aromatic heterocycles. The van der Waals surface area contributed by atoms with Gasteiger partial charge in [0.15, 0.2) is 11.4 Å². The predicted molar refractivity (Wildman–Crippen MR) is 104 cm³/mol. The topological polar surface area (TPSA) is 112 Å². The van der Waals surface area contributed by atoms with Gasteiger partial charge in [-0.05, 0) is 12.8 Å². The van der Waals surface area contributed by atoms with Crippen LogP contribution < -0.4 is 10.7 Å². The fourth-order valence-corrected chi connectivity index (χ4v) is 4.30. The molecule has 1 aliphatic heterocycles. The number of aromatic hydroxyl groups is 1. The Labute approximate surface area is 179 Å². The number of hydrogen-bond donors (Lipinski definition) is 3. The van der Waals surface area contributed by atoms with E-state index < -0.39 is 64.3 Å². The molecule has 4 rings (SSSR count). The Hall–Kier alpha value is -3.34. The Morgan fingerprint density at radius 1 is 1.12 bits per heavy atom. The van der Waals surface area contributed by atoms with Crippen LogP contribution in [0.1, 0.15) is 52.1 Å². The highest BCUT2D eigenvalue weighted by molar-refractivity contribution is 5.99. The second-order valence-electron chi connectivity index (χ2n) is 7.88. The van der Waals surface area contributed by atoms with Gasteiger partial charge in [0, 0.05) is 36.5 Å². The van der Waals surface area contributed by atoms with Crippen molar-refractivity contribution in [2.45, 2.75) is 51.0 Å². The van der Waals surface area contributed by atoms with Crippen LogP contribution in [0.5, 0.6) is 5.75 Å². The van der Waals surface area contributed by atoms with Crippen molar-refractivity contribution in [1.29, 1.82) is 0 Å². The third-order valence-electron chi connectivity index (χ3n) is 5.87. The van der Waals surface area contributed by atoms with Gasteiger partial charge in [-0.1, -0.05) is 12.8 Å². The van der Waals surface area contributed by atoms with E-state index >= 15 is 0 Å². The fourth-order valence-electron chi connectivity index (χ4n) is 4.30. The molecule has 0 bridgehead atoms. The van der Waals surface area contributed by atoms with Crippen molar-refractivity contribution >= 4 is 11.8 Å². The van der Waals surface area contributed by atoms with Crippen molar-refractivity contribution in [1.82, 2.24) is 14.8 Å². The lowest BCUT2D eigenvalue weighted by Crippen LogP contribution is -2.53. The normalized spacial score (nSPS) is 18.7. The molecule has 32 heavy (non-hydrogen) atoms. The minimum absolute atomic E-state index is 0.174. The van der Waals surface area contributed by atoms with E-state index in [1.807, 2.05) is 0 Å². The zero-order valence-corrected chi connectivity index (χ0v) is 16.8. The monoisotopic (exact) mass is 451 g/mol. The van der Waals surface area contributed by atoms with Crippen LogP contribution in [0.2, 0.25) is 0 Å². The summed E-state index contributed by atoms with van der Waals surface area (Å²) in [5.74, 6) is -6.28. The van der Waals surface area contributed by atoms with Crippen LogP contribution in [0, 0.1) is 17.5 Å². The van der Waals surface area contributed by atoms with Crippen molar-refractivity contribution in [2.24, 2.45) is 0 Å². The van der Waals surface area contributed by atoms with Crippen molar-refractivity contribution in [3.8, 4) is 5.75 Å². The van der Waals surface area contributed by atoms with E-state index in [1.165, 1.54) is 4.90 Å². The third-order valence-corrected chi connectivity index (χ3v) is 5.87. The maximum Gasteiger partial charge on any atom is 0.276 e. The van der Waals surface area contributed by atoms with Gasteiger partial charge in [0.2, 0.25) is 5.43 Å². The van der Waals surface area contributed by atoms with Gasteiger partial charge in [0.05, 0.1) is 6.54 Å². The summed E-state index contributed by atoms with van der Waals surface area (Å²) < 4.78 is 41.7. The molecule has 2 heterocycles. The van der Waals surface area contributed by atoms with Gasteiger partial charge in [-0.3, -0.25) is 14.4 Å². The standard InChI is InChI=1S/C21H20F3N3O5/c22-10-5-14(23)12(15(24)6-10)7-25-20(31)13-8-26-9-16(28)27(11-3-1-2-4-11)21(32)17(26)19(30)18(13)29/h5-6,8,11,16,28,30H,1-4,7,9H2,(H,25,31). The van der Waals surface area contributed by atoms with Crippen LogP contribution in [0.25, 0.3) is 0 Å². The molecule has 1 fully saturated rings.